The number of carbonyl (C=O) groups is 1. The smallest absolute Gasteiger partial charge is 0.246 e. The minimum Gasteiger partial charge on any atom is -0.457 e. The number of carbonyl (C=O) groups excluding carboxylic acids is 1. The summed E-state index contributed by atoms with van der Waals surface area (Å²) < 4.78 is 13.0. The van der Waals surface area contributed by atoms with Crippen molar-refractivity contribution in [3.05, 3.63) is 73.1 Å². The van der Waals surface area contributed by atoms with Crippen LogP contribution < -0.4 is 15.8 Å². The number of para-hydroxylation sites is 1. The van der Waals surface area contributed by atoms with Gasteiger partial charge in [-0.05, 0) is 49.2 Å². The largest absolute Gasteiger partial charge is 0.457 e. The maximum absolute atomic E-state index is 12.9. The number of fused-ring (bicyclic) bond motifs is 1. The van der Waals surface area contributed by atoms with E-state index in [9.17, 15) is 4.79 Å². The molecule has 1 amide bonds. The molecule has 0 aliphatic carbocycles. The van der Waals surface area contributed by atoms with Crippen molar-refractivity contribution in [2.45, 2.75) is 24.9 Å². The van der Waals surface area contributed by atoms with Crippen molar-refractivity contribution in [2.75, 3.05) is 38.6 Å². The molecule has 4 heterocycles. The van der Waals surface area contributed by atoms with Crippen molar-refractivity contribution in [1.82, 2.24) is 30.0 Å². The normalized spacial score (nSPS) is 17.9. The molecule has 6 rings (SSSR count). The van der Waals surface area contributed by atoms with Gasteiger partial charge in [-0.25, -0.2) is 14.6 Å². The highest BCUT2D eigenvalue weighted by atomic mass is 16.5. The van der Waals surface area contributed by atoms with Crippen LogP contribution in [0.5, 0.6) is 11.5 Å². The summed E-state index contributed by atoms with van der Waals surface area (Å²) in [4.78, 5) is 23.6. The Bertz CT molecular complexity index is 1470. The van der Waals surface area contributed by atoms with E-state index >= 15 is 0 Å². The third-order valence-corrected chi connectivity index (χ3v) is 7.10. The van der Waals surface area contributed by atoms with Gasteiger partial charge in [0.15, 0.2) is 5.65 Å². The zero-order chi connectivity index (χ0) is 26.6. The SMILES string of the molecule is Nc1ncnc2c1c(-c1ccc(Oc3ccccc3)cc1)nn2[C@@H]1CCCN(C(=O)/C=C/CNC2COC2)C1. The molecule has 4 aromatic rings. The number of nitrogens with one attached hydrogen (secondary N) is 1. The fourth-order valence-corrected chi connectivity index (χ4v) is 4.97. The Labute approximate surface area is 226 Å². The van der Waals surface area contributed by atoms with Crippen molar-refractivity contribution in [3.63, 3.8) is 0 Å². The molecule has 2 aromatic carbocycles. The lowest BCUT2D eigenvalue weighted by Crippen LogP contribution is -2.46. The number of benzene rings is 2. The highest BCUT2D eigenvalue weighted by Crippen LogP contribution is 2.34. The van der Waals surface area contributed by atoms with Crippen molar-refractivity contribution < 1.29 is 14.3 Å². The average molecular weight is 526 g/mol. The van der Waals surface area contributed by atoms with E-state index in [0.29, 0.717) is 41.7 Å². The van der Waals surface area contributed by atoms with E-state index in [1.165, 1.54) is 6.33 Å². The Kier molecular flexibility index (Phi) is 7.20. The van der Waals surface area contributed by atoms with Gasteiger partial charge in [-0.3, -0.25) is 4.79 Å². The van der Waals surface area contributed by atoms with E-state index in [4.69, 9.17) is 20.3 Å². The highest BCUT2D eigenvalue weighted by molar-refractivity contribution is 5.98. The Hall–Kier alpha value is -4.28. The quantitative estimate of drug-likeness (QED) is 0.335. The number of amides is 1. The van der Waals surface area contributed by atoms with Gasteiger partial charge >= 0.3 is 0 Å². The van der Waals surface area contributed by atoms with Crippen LogP contribution in [0.1, 0.15) is 18.9 Å². The number of nitrogens with zero attached hydrogens (tertiary/aromatic N) is 5. The first kappa shape index (κ1) is 25.0. The Morgan fingerprint density at radius 2 is 1.90 bits per heavy atom. The zero-order valence-electron chi connectivity index (χ0n) is 21.6. The summed E-state index contributed by atoms with van der Waals surface area (Å²) in [6.45, 7) is 3.38. The monoisotopic (exact) mass is 525 g/mol. The van der Waals surface area contributed by atoms with Gasteiger partial charge in [-0.15, -0.1) is 0 Å². The lowest BCUT2D eigenvalue weighted by Gasteiger charge is -2.32. The van der Waals surface area contributed by atoms with Gasteiger partial charge in [0.25, 0.3) is 0 Å². The van der Waals surface area contributed by atoms with Crippen LogP contribution in [0, 0.1) is 0 Å². The van der Waals surface area contributed by atoms with Gasteiger partial charge in [-0.1, -0.05) is 24.3 Å². The van der Waals surface area contributed by atoms with E-state index < -0.39 is 0 Å². The number of nitrogen functional groups attached to an aromatic ring is 1. The van der Waals surface area contributed by atoms with Gasteiger partial charge < -0.3 is 25.4 Å². The van der Waals surface area contributed by atoms with Crippen LogP contribution in [0.3, 0.4) is 0 Å². The van der Waals surface area contributed by atoms with Crippen LogP contribution in [0.4, 0.5) is 5.82 Å². The van der Waals surface area contributed by atoms with E-state index in [-0.39, 0.29) is 11.9 Å². The number of piperidine rings is 1. The molecule has 10 nitrogen and oxygen atoms in total. The highest BCUT2D eigenvalue weighted by Gasteiger charge is 2.28. The summed E-state index contributed by atoms with van der Waals surface area (Å²) >= 11 is 0. The van der Waals surface area contributed by atoms with E-state index in [1.54, 1.807) is 6.08 Å². The number of likely N-dealkylation sites (tertiary alicyclic amines) is 1. The molecule has 2 saturated heterocycles. The van der Waals surface area contributed by atoms with Crippen molar-refractivity contribution in [2.24, 2.45) is 0 Å². The molecular formula is C29H31N7O3. The summed E-state index contributed by atoms with van der Waals surface area (Å²) in [5.74, 6) is 1.88. The standard InChI is InChI=1S/C29H31N7O3/c30-28-26-27(20-10-12-24(13-11-20)39-23-7-2-1-3-8-23)34-36(29(26)33-19-32-28)22-6-5-15-35(16-22)25(37)9-4-14-31-21-17-38-18-21/h1-4,7-13,19,21-22,31H,5-6,14-18H2,(H2,30,32,33)/b9-4+/t22-/m1/s1. The Balaban J connectivity index is 1.21. The number of hydrogen-bond donors (Lipinski definition) is 2. The second kappa shape index (κ2) is 11.2. The van der Waals surface area contributed by atoms with Crippen molar-refractivity contribution >= 4 is 22.8 Å². The molecule has 2 aliphatic heterocycles. The van der Waals surface area contributed by atoms with E-state index in [0.717, 1.165) is 49.7 Å². The summed E-state index contributed by atoms with van der Waals surface area (Å²) in [5, 5.41) is 9.03. The third-order valence-electron chi connectivity index (χ3n) is 7.10. The first-order chi connectivity index (χ1) is 19.2. The molecule has 0 saturated carbocycles. The first-order valence-corrected chi connectivity index (χ1v) is 13.2. The van der Waals surface area contributed by atoms with Crippen molar-refractivity contribution in [1.29, 1.82) is 0 Å². The van der Waals surface area contributed by atoms with Crippen LogP contribution in [0.15, 0.2) is 73.1 Å². The fraction of sp³-hybridized carbons (Fsp3) is 0.310. The zero-order valence-corrected chi connectivity index (χ0v) is 21.6. The van der Waals surface area contributed by atoms with Crippen LogP contribution >= 0.6 is 0 Å². The van der Waals surface area contributed by atoms with Crippen LogP contribution in [-0.4, -0.2) is 69.4 Å². The maximum atomic E-state index is 12.9. The molecule has 10 heteroatoms. The minimum absolute atomic E-state index is 0.00573. The molecule has 0 bridgehead atoms. The number of hydrogen-bond acceptors (Lipinski definition) is 8. The van der Waals surface area contributed by atoms with Crippen LogP contribution in [-0.2, 0) is 9.53 Å². The molecule has 1 atom stereocenters. The lowest BCUT2D eigenvalue weighted by atomic mass is 10.1. The molecule has 3 N–H and O–H groups in total. The summed E-state index contributed by atoms with van der Waals surface area (Å²) in [6.07, 6.45) is 6.77. The van der Waals surface area contributed by atoms with Crippen LogP contribution in [0.2, 0.25) is 0 Å². The van der Waals surface area contributed by atoms with Gasteiger partial charge in [0.05, 0.1) is 30.7 Å². The molecular weight excluding hydrogens is 494 g/mol. The van der Waals surface area contributed by atoms with Gasteiger partial charge in [0, 0.05) is 31.3 Å². The van der Waals surface area contributed by atoms with Gasteiger partial charge in [-0.2, -0.15) is 5.10 Å². The summed E-state index contributed by atoms with van der Waals surface area (Å²) in [5.41, 5.74) is 8.60. The summed E-state index contributed by atoms with van der Waals surface area (Å²) in [7, 11) is 0. The number of aromatic nitrogens is 4. The van der Waals surface area contributed by atoms with E-state index in [2.05, 4.69) is 15.3 Å². The molecule has 200 valence electrons. The molecule has 0 unspecified atom stereocenters. The molecule has 0 spiro atoms. The lowest BCUT2D eigenvalue weighted by molar-refractivity contribution is -0.127. The minimum atomic E-state index is -0.0208. The third kappa shape index (κ3) is 5.47. The predicted octanol–water partition coefficient (Wildman–Crippen LogP) is 3.58. The topological polar surface area (TPSA) is 120 Å². The molecule has 2 aliphatic rings. The van der Waals surface area contributed by atoms with Gasteiger partial charge in [0.1, 0.15) is 29.3 Å². The Morgan fingerprint density at radius 1 is 1.10 bits per heavy atom. The average Bonchev–Trinajstić information content (AvgIpc) is 3.34. The van der Waals surface area contributed by atoms with Crippen molar-refractivity contribution in [3.8, 4) is 22.8 Å². The second-order valence-electron chi connectivity index (χ2n) is 9.82. The number of rotatable bonds is 8. The number of anilines is 1. The first-order valence-electron chi connectivity index (χ1n) is 13.2. The van der Waals surface area contributed by atoms with Crippen LogP contribution in [0.25, 0.3) is 22.3 Å². The van der Waals surface area contributed by atoms with Gasteiger partial charge in [0.2, 0.25) is 5.91 Å². The molecule has 39 heavy (non-hydrogen) atoms. The maximum Gasteiger partial charge on any atom is 0.246 e. The predicted molar refractivity (Wildman–Crippen MR) is 148 cm³/mol. The molecule has 2 aromatic heterocycles. The fourth-order valence-electron chi connectivity index (χ4n) is 4.97. The molecule has 0 radical (unpaired) electrons. The Morgan fingerprint density at radius 3 is 2.67 bits per heavy atom. The van der Waals surface area contributed by atoms with E-state index in [1.807, 2.05) is 70.3 Å². The molecule has 2 fully saturated rings. The second-order valence-corrected chi connectivity index (χ2v) is 9.82. The number of nitrogens with two attached hydrogens (primary N) is 1. The summed E-state index contributed by atoms with van der Waals surface area (Å²) in [6, 6.07) is 17.8. The number of ether oxygens (including phenoxy) is 2.